The molecule has 1 aliphatic heterocycles. The molecular weight excluding hydrogens is 314 g/mol. The molecule has 2 N–H and O–H groups in total. The Morgan fingerprint density at radius 2 is 2.08 bits per heavy atom. The topological polar surface area (TPSA) is 81.6 Å². The van der Waals surface area contributed by atoms with E-state index < -0.39 is 17.2 Å². The summed E-state index contributed by atoms with van der Waals surface area (Å²) in [7, 11) is 0. The molecule has 1 atom stereocenters. The van der Waals surface area contributed by atoms with E-state index in [1.54, 1.807) is 12.1 Å². The number of benzene rings is 2. The molecule has 24 heavy (non-hydrogen) atoms. The average Bonchev–Trinajstić information content (AvgIpc) is 2.57. The summed E-state index contributed by atoms with van der Waals surface area (Å²) in [6, 6.07) is 8.60. The minimum atomic E-state index is -0.611. The number of anilines is 1. The first-order valence-corrected chi connectivity index (χ1v) is 7.23. The zero-order chi connectivity index (χ0) is 16.8. The Bertz CT molecular complexity index is 1080. The third kappa shape index (κ3) is 2.04. The zero-order valence-electron chi connectivity index (χ0n) is 12.2. The number of aromatic amines is 1. The lowest BCUT2D eigenvalue weighted by Gasteiger charge is -2.26. The summed E-state index contributed by atoms with van der Waals surface area (Å²) in [6.45, 7) is 0.371. The number of nitriles is 1. The quantitative estimate of drug-likeness (QED) is 0.721. The van der Waals surface area contributed by atoms with Crippen LogP contribution >= 0.6 is 0 Å². The highest BCUT2D eigenvalue weighted by Crippen LogP contribution is 2.37. The highest BCUT2D eigenvalue weighted by atomic mass is 19.1. The Morgan fingerprint density at radius 3 is 2.83 bits per heavy atom. The average molecular weight is 324 g/mol. The number of H-pyrrole nitrogens is 1. The van der Waals surface area contributed by atoms with E-state index in [1.807, 2.05) is 0 Å². The maximum Gasteiger partial charge on any atom is 0.272 e. The first-order chi connectivity index (χ1) is 11.6. The van der Waals surface area contributed by atoms with Crippen molar-refractivity contribution in [3.8, 4) is 6.07 Å². The predicted molar refractivity (Wildman–Crippen MR) is 83.8 cm³/mol. The molecule has 2 aromatic carbocycles. The van der Waals surface area contributed by atoms with Crippen LogP contribution < -0.4 is 10.9 Å². The van der Waals surface area contributed by atoms with Crippen LogP contribution in [-0.4, -0.2) is 16.7 Å². The van der Waals surface area contributed by atoms with Crippen LogP contribution in [0.1, 0.15) is 22.7 Å². The number of halogens is 2. The van der Waals surface area contributed by atoms with Gasteiger partial charge >= 0.3 is 0 Å². The fraction of sp³-hybridized carbons (Fsp3) is 0.118. The summed E-state index contributed by atoms with van der Waals surface area (Å²) >= 11 is 0. The van der Waals surface area contributed by atoms with Crippen molar-refractivity contribution >= 4 is 16.5 Å². The summed E-state index contributed by atoms with van der Waals surface area (Å²) in [4.78, 5) is 11.9. The first-order valence-electron chi connectivity index (χ1n) is 7.23. The SMILES string of the molecule is N#Cc1ccc([C@H]2CNc3cc(F)cc4c(=O)[nH]nc2c34)cc1F. The van der Waals surface area contributed by atoms with Gasteiger partial charge in [-0.15, -0.1) is 0 Å². The van der Waals surface area contributed by atoms with Crippen molar-refractivity contribution in [1.29, 1.82) is 5.26 Å². The second kappa shape index (κ2) is 5.13. The van der Waals surface area contributed by atoms with Crippen molar-refractivity contribution in [2.75, 3.05) is 11.9 Å². The second-order valence-electron chi connectivity index (χ2n) is 5.60. The number of hydrogen-bond acceptors (Lipinski definition) is 4. The Labute approximate surface area is 134 Å². The Morgan fingerprint density at radius 1 is 1.25 bits per heavy atom. The molecule has 0 radical (unpaired) electrons. The van der Waals surface area contributed by atoms with E-state index in [0.29, 0.717) is 28.9 Å². The van der Waals surface area contributed by atoms with Crippen LogP contribution in [0, 0.1) is 23.0 Å². The molecule has 0 unspecified atom stereocenters. The maximum absolute atomic E-state index is 13.9. The van der Waals surface area contributed by atoms with Crippen LogP contribution in [0.5, 0.6) is 0 Å². The lowest BCUT2D eigenvalue weighted by atomic mass is 9.88. The van der Waals surface area contributed by atoms with Gasteiger partial charge in [-0.2, -0.15) is 10.4 Å². The van der Waals surface area contributed by atoms with E-state index in [2.05, 4.69) is 15.5 Å². The molecule has 3 aromatic rings. The Kier molecular flexibility index (Phi) is 3.06. The molecule has 4 rings (SSSR count). The van der Waals surface area contributed by atoms with Crippen molar-refractivity contribution in [2.45, 2.75) is 5.92 Å². The Hall–Kier alpha value is -3.27. The van der Waals surface area contributed by atoms with E-state index in [1.165, 1.54) is 18.2 Å². The minimum Gasteiger partial charge on any atom is -0.383 e. The van der Waals surface area contributed by atoms with Crippen molar-refractivity contribution in [2.24, 2.45) is 0 Å². The maximum atomic E-state index is 13.9. The molecule has 7 heteroatoms. The largest absolute Gasteiger partial charge is 0.383 e. The number of nitrogens with zero attached hydrogens (tertiary/aromatic N) is 2. The normalized spacial score (nSPS) is 15.8. The molecule has 1 aliphatic rings. The van der Waals surface area contributed by atoms with Gasteiger partial charge in [-0.25, -0.2) is 13.9 Å². The monoisotopic (exact) mass is 324 g/mol. The molecule has 118 valence electrons. The van der Waals surface area contributed by atoms with Gasteiger partial charge in [0.15, 0.2) is 0 Å². The van der Waals surface area contributed by atoms with Gasteiger partial charge in [-0.1, -0.05) is 6.07 Å². The van der Waals surface area contributed by atoms with Crippen LogP contribution in [0.25, 0.3) is 10.8 Å². The van der Waals surface area contributed by atoms with Gasteiger partial charge in [-0.05, 0) is 29.8 Å². The second-order valence-corrected chi connectivity index (χ2v) is 5.60. The van der Waals surface area contributed by atoms with Crippen LogP contribution in [0.4, 0.5) is 14.5 Å². The molecule has 0 saturated heterocycles. The van der Waals surface area contributed by atoms with E-state index in [4.69, 9.17) is 5.26 Å². The van der Waals surface area contributed by atoms with E-state index in [-0.39, 0.29) is 16.9 Å². The molecule has 0 fully saturated rings. The summed E-state index contributed by atoms with van der Waals surface area (Å²) in [6.07, 6.45) is 0. The van der Waals surface area contributed by atoms with Gasteiger partial charge in [0.2, 0.25) is 0 Å². The summed E-state index contributed by atoms with van der Waals surface area (Å²) in [5.41, 5.74) is 1.13. The van der Waals surface area contributed by atoms with Gasteiger partial charge in [0.25, 0.3) is 5.56 Å². The van der Waals surface area contributed by atoms with Crippen molar-refractivity contribution in [3.05, 3.63) is 69.1 Å². The predicted octanol–water partition coefficient (Wildman–Crippen LogP) is 2.63. The van der Waals surface area contributed by atoms with Gasteiger partial charge in [0.1, 0.15) is 17.7 Å². The lowest BCUT2D eigenvalue weighted by Crippen LogP contribution is -2.24. The third-order valence-electron chi connectivity index (χ3n) is 4.22. The molecular formula is C17H10F2N4O. The van der Waals surface area contributed by atoms with Crippen molar-refractivity contribution in [1.82, 2.24) is 10.2 Å². The van der Waals surface area contributed by atoms with Gasteiger partial charge in [0.05, 0.1) is 16.6 Å². The molecule has 2 heterocycles. The molecule has 0 bridgehead atoms. The van der Waals surface area contributed by atoms with Crippen molar-refractivity contribution in [3.63, 3.8) is 0 Å². The highest BCUT2D eigenvalue weighted by molar-refractivity contribution is 5.97. The summed E-state index contributed by atoms with van der Waals surface area (Å²) in [5.74, 6) is -1.46. The van der Waals surface area contributed by atoms with Gasteiger partial charge in [0, 0.05) is 23.5 Å². The minimum absolute atomic E-state index is 0.0374. The molecule has 1 aromatic heterocycles. The van der Waals surface area contributed by atoms with Crippen LogP contribution in [0.15, 0.2) is 35.1 Å². The van der Waals surface area contributed by atoms with Gasteiger partial charge in [-0.3, -0.25) is 4.79 Å². The highest BCUT2D eigenvalue weighted by Gasteiger charge is 2.27. The molecule has 0 amide bonds. The first kappa shape index (κ1) is 14.3. The number of hydrogen-bond donors (Lipinski definition) is 2. The lowest BCUT2D eigenvalue weighted by molar-refractivity contribution is 0.618. The molecule has 0 aliphatic carbocycles. The standard InChI is InChI=1S/C17H10F2N4O/c18-10-4-11-15-14(5-10)21-7-12(16(15)22-23-17(11)24)8-1-2-9(6-20)13(19)3-8/h1-5,12,21H,7H2,(H,23,24)/t12-/m1/s1. The number of aromatic nitrogens is 2. The summed E-state index contributed by atoms with van der Waals surface area (Å²) < 4.78 is 27.6. The smallest absolute Gasteiger partial charge is 0.272 e. The number of rotatable bonds is 1. The van der Waals surface area contributed by atoms with Gasteiger partial charge < -0.3 is 5.32 Å². The van der Waals surface area contributed by atoms with E-state index in [9.17, 15) is 13.6 Å². The zero-order valence-corrected chi connectivity index (χ0v) is 12.2. The molecule has 0 spiro atoms. The van der Waals surface area contributed by atoms with Crippen LogP contribution in [-0.2, 0) is 0 Å². The van der Waals surface area contributed by atoms with Crippen LogP contribution in [0.2, 0.25) is 0 Å². The Balaban J connectivity index is 1.95. The summed E-state index contributed by atoms with van der Waals surface area (Å²) in [5, 5.41) is 19.1. The molecule has 5 nitrogen and oxygen atoms in total. The fourth-order valence-corrected chi connectivity index (χ4v) is 3.10. The number of nitrogens with one attached hydrogen (secondary N) is 2. The third-order valence-corrected chi connectivity index (χ3v) is 4.22. The fourth-order valence-electron chi connectivity index (χ4n) is 3.10. The van der Waals surface area contributed by atoms with E-state index >= 15 is 0 Å². The van der Waals surface area contributed by atoms with Crippen molar-refractivity contribution < 1.29 is 8.78 Å². The van der Waals surface area contributed by atoms with Crippen LogP contribution in [0.3, 0.4) is 0 Å². The molecule has 0 saturated carbocycles. The van der Waals surface area contributed by atoms with E-state index in [0.717, 1.165) is 6.07 Å².